The highest BCUT2D eigenvalue weighted by molar-refractivity contribution is 14.1. The summed E-state index contributed by atoms with van der Waals surface area (Å²) in [4.78, 5) is 17.1. The molecule has 10 nitrogen and oxygen atoms in total. The van der Waals surface area contributed by atoms with Gasteiger partial charge in [0.25, 0.3) is 5.91 Å². The second kappa shape index (κ2) is 14.0. The number of benzene rings is 2. The first-order valence-corrected chi connectivity index (χ1v) is 15.0. The Balaban J connectivity index is 1.46. The Labute approximate surface area is 247 Å². The van der Waals surface area contributed by atoms with Crippen LogP contribution < -0.4 is 10.1 Å². The molecule has 2 N–H and O–H groups in total. The molecule has 4 rings (SSSR count). The first-order chi connectivity index (χ1) is 19.3. The van der Waals surface area contributed by atoms with Crippen LogP contribution in [0.25, 0.3) is 0 Å². The van der Waals surface area contributed by atoms with Crippen LogP contribution in [0.1, 0.15) is 17.9 Å². The molecule has 0 spiro atoms. The van der Waals surface area contributed by atoms with Crippen LogP contribution in [-0.2, 0) is 24.3 Å². The van der Waals surface area contributed by atoms with Crippen LogP contribution in [0.3, 0.4) is 0 Å². The average molecular weight is 680 g/mol. The van der Waals surface area contributed by atoms with Gasteiger partial charge in [0.2, 0.25) is 16.3 Å². The molecule has 2 aromatic carbocycles. The number of amides is 1. The molecule has 40 heavy (non-hydrogen) atoms. The van der Waals surface area contributed by atoms with Crippen molar-refractivity contribution in [2.75, 3.05) is 38.7 Å². The minimum atomic E-state index is -3.89. The summed E-state index contributed by atoms with van der Waals surface area (Å²) < 4.78 is 45.6. The van der Waals surface area contributed by atoms with Gasteiger partial charge in [0.15, 0.2) is 5.76 Å². The molecule has 0 aliphatic carbocycles. The number of aromatic nitrogens is 1. The van der Waals surface area contributed by atoms with Gasteiger partial charge in [-0.2, -0.15) is 4.31 Å². The fraction of sp³-hybridized carbons (Fsp3) is 0.286. The number of sulfonamides is 1. The van der Waals surface area contributed by atoms with E-state index in [1.54, 1.807) is 36.5 Å². The van der Waals surface area contributed by atoms with Crippen LogP contribution in [0.2, 0.25) is 0 Å². The highest BCUT2D eigenvalue weighted by Crippen LogP contribution is 2.32. The number of pyridine rings is 1. The Morgan fingerprint density at radius 1 is 1.15 bits per heavy atom. The number of ether oxygens (including phenoxy) is 3. The molecule has 0 fully saturated rings. The molecule has 0 bridgehead atoms. The predicted octanol–water partition coefficient (Wildman–Crippen LogP) is 3.75. The fourth-order valence-electron chi connectivity index (χ4n) is 4.14. The van der Waals surface area contributed by atoms with Crippen molar-refractivity contribution in [2.24, 2.45) is 0 Å². The molecular weight excluding hydrogens is 649 g/mol. The van der Waals surface area contributed by atoms with Gasteiger partial charge in [-0.1, -0.05) is 12.1 Å². The van der Waals surface area contributed by atoms with E-state index in [2.05, 4.69) is 32.9 Å². The molecule has 0 unspecified atom stereocenters. The summed E-state index contributed by atoms with van der Waals surface area (Å²) in [5.74, 6) is 0.0223. The Morgan fingerprint density at radius 3 is 2.55 bits per heavy atom. The molecular formula is C28H30IN3O7S. The number of nitrogens with one attached hydrogen (secondary N) is 1. The second-order valence-electron chi connectivity index (χ2n) is 8.84. The summed E-state index contributed by atoms with van der Waals surface area (Å²) in [6.45, 7) is -0.500. The quantitative estimate of drug-likeness (QED) is 0.278. The Bertz CT molecular complexity index is 1400. The number of aliphatic hydroxyl groups excluding tert-OH is 1. The zero-order chi connectivity index (χ0) is 28.5. The standard InChI is InChI=1S/C28H30IN3O7S/c1-37-24-8-10-25(11-9-24)40(35,36)32(13-15-33)14-16-38-27-18-21(20-4-6-22(29)7-5-20)17-26(39-27)28(34)31-23-3-2-12-30-19-23/h2-12,17,19,21,27,33H,13-16,18H2,1H3,(H,31,34)/t21-,27+/m0/s1. The predicted molar refractivity (Wildman–Crippen MR) is 157 cm³/mol. The number of rotatable bonds is 12. The molecule has 0 saturated carbocycles. The van der Waals surface area contributed by atoms with Gasteiger partial charge in [-0.15, -0.1) is 0 Å². The number of hydrogen-bond donors (Lipinski definition) is 2. The Morgan fingerprint density at radius 2 is 1.90 bits per heavy atom. The summed E-state index contributed by atoms with van der Waals surface area (Å²) in [7, 11) is -2.39. The maximum Gasteiger partial charge on any atom is 0.290 e. The second-order valence-corrected chi connectivity index (χ2v) is 12.0. The first-order valence-electron chi connectivity index (χ1n) is 12.5. The number of allylic oxidation sites excluding steroid dienone is 1. The van der Waals surface area contributed by atoms with E-state index < -0.39 is 22.2 Å². The normalized spacial score (nSPS) is 17.1. The van der Waals surface area contributed by atoms with Crippen molar-refractivity contribution in [3.63, 3.8) is 0 Å². The minimum absolute atomic E-state index is 0.0169. The number of hydrogen-bond acceptors (Lipinski definition) is 8. The molecule has 1 amide bonds. The lowest BCUT2D eigenvalue weighted by Gasteiger charge is -2.30. The van der Waals surface area contributed by atoms with Crippen molar-refractivity contribution in [1.82, 2.24) is 9.29 Å². The van der Waals surface area contributed by atoms with Crippen molar-refractivity contribution in [3.05, 3.63) is 94.0 Å². The van der Waals surface area contributed by atoms with E-state index in [9.17, 15) is 18.3 Å². The van der Waals surface area contributed by atoms with Gasteiger partial charge in [-0.3, -0.25) is 9.78 Å². The maximum atomic E-state index is 13.2. The summed E-state index contributed by atoms with van der Waals surface area (Å²) in [6.07, 6.45) is 4.53. The van der Waals surface area contributed by atoms with Gasteiger partial charge in [0.05, 0.1) is 37.1 Å². The third kappa shape index (κ3) is 7.79. The average Bonchev–Trinajstić information content (AvgIpc) is 2.97. The van der Waals surface area contributed by atoms with Crippen molar-refractivity contribution >= 4 is 44.2 Å². The maximum absolute atomic E-state index is 13.2. The Kier molecular flexibility index (Phi) is 10.5. The molecule has 212 valence electrons. The number of nitrogens with zero attached hydrogens (tertiary/aromatic N) is 2. The van der Waals surface area contributed by atoms with Crippen LogP contribution in [-0.4, -0.2) is 68.4 Å². The number of aliphatic hydroxyl groups is 1. The third-order valence-electron chi connectivity index (χ3n) is 6.19. The van der Waals surface area contributed by atoms with E-state index in [4.69, 9.17) is 14.2 Å². The molecule has 2 atom stereocenters. The summed E-state index contributed by atoms with van der Waals surface area (Å²) in [5.41, 5.74) is 1.52. The molecule has 1 aromatic heterocycles. The third-order valence-corrected chi connectivity index (χ3v) is 8.82. The lowest BCUT2D eigenvalue weighted by molar-refractivity contribution is -0.143. The van der Waals surface area contributed by atoms with Crippen LogP contribution in [0.5, 0.6) is 5.75 Å². The van der Waals surface area contributed by atoms with Gasteiger partial charge in [0, 0.05) is 35.2 Å². The van der Waals surface area contributed by atoms with Gasteiger partial charge < -0.3 is 24.6 Å². The highest BCUT2D eigenvalue weighted by Gasteiger charge is 2.30. The van der Waals surface area contributed by atoms with E-state index in [1.165, 1.54) is 25.4 Å². The molecule has 1 aliphatic heterocycles. The molecule has 0 saturated heterocycles. The SMILES string of the molecule is COc1ccc(S(=O)(=O)N(CCO)CCO[C@H]2C[C@@H](c3ccc(I)cc3)C=C(C(=O)Nc3cccnc3)O2)cc1. The molecule has 3 aromatic rings. The van der Waals surface area contributed by atoms with Crippen LogP contribution in [0.15, 0.2) is 89.8 Å². The summed E-state index contributed by atoms with van der Waals surface area (Å²) in [5, 5.41) is 12.3. The number of carbonyl (C=O) groups excluding carboxylic acids is 1. The van der Waals surface area contributed by atoms with Gasteiger partial charge >= 0.3 is 0 Å². The molecule has 0 radical (unpaired) electrons. The lowest BCUT2D eigenvalue weighted by atomic mass is 9.93. The number of halogens is 1. The zero-order valence-corrected chi connectivity index (χ0v) is 24.7. The molecule has 12 heteroatoms. The van der Waals surface area contributed by atoms with Crippen LogP contribution in [0.4, 0.5) is 5.69 Å². The first kappa shape index (κ1) is 29.9. The fourth-order valence-corrected chi connectivity index (χ4v) is 5.91. The monoisotopic (exact) mass is 679 g/mol. The summed E-state index contributed by atoms with van der Waals surface area (Å²) >= 11 is 2.23. The minimum Gasteiger partial charge on any atom is -0.497 e. The number of anilines is 1. The van der Waals surface area contributed by atoms with Crippen molar-refractivity contribution in [1.29, 1.82) is 0 Å². The molecule has 2 heterocycles. The van der Waals surface area contributed by atoms with Crippen LogP contribution in [0, 0.1) is 3.57 Å². The highest BCUT2D eigenvalue weighted by atomic mass is 127. The summed E-state index contributed by atoms with van der Waals surface area (Å²) in [6, 6.07) is 17.4. The lowest BCUT2D eigenvalue weighted by Crippen LogP contribution is -2.37. The Hall–Kier alpha value is -3.04. The van der Waals surface area contributed by atoms with Gasteiger partial charge in [-0.05, 0) is 82.8 Å². The van der Waals surface area contributed by atoms with E-state index in [-0.39, 0.29) is 42.9 Å². The number of carbonyl (C=O) groups is 1. The smallest absolute Gasteiger partial charge is 0.290 e. The zero-order valence-electron chi connectivity index (χ0n) is 21.8. The van der Waals surface area contributed by atoms with Crippen LogP contribution >= 0.6 is 22.6 Å². The van der Waals surface area contributed by atoms with E-state index in [0.717, 1.165) is 13.4 Å². The van der Waals surface area contributed by atoms with Crippen molar-refractivity contribution in [3.8, 4) is 5.75 Å². The van der Waals surface area contributed by atoms with E-state index >= 15 is 0 Å². The largest absolute Gasteiger partial charge is 0.497 e. The van der Waals surface area contributed by atoms with Gasteiger partial charge in [-0.25, -0.2) is 8.42 Å². The van der Waals surface area contributed by atoms with Crippen molar-refractivity contribution < 1.29 is 32.5 Å². The van der Waals surface area contributed by atoms with Gasteiger partial charge in [0.1, 0.15) is 5.75 Å². The molecule has 1 aliphatic rings. The topological polar surface area (TPSA) is 127 Å². The van der Waals surface area contributed by atoms with E-state index in [1.807, 2.05) is 24.3 Å². The van der Waals surface area contributed by atoms with E-state index in [0.29, 0.717) is 17.9 Å². The van der Waals surface area contributed by atoms with Crippen molar-refractivity contribution in [2.45, 2.75) is 23.5 Å². The number of methoxy groups -OCH3 is 1.